The summed E-state index contributed by atoms with van der Waals surface area (Å²) in [4.78, 5) is 14.1. The number of carbonyl (C=O) groups is 1. The minimum absolute atomic E-state index is 0.0416. The van der Waals surface area contributed by atoms with Crippen molar-refractivity contribution in [1.82, 2.24) is 4.90 Å². The predicted molar refractivity (Wildman–Crippen MR) is 67.8 cm³/mol. The molecular weight excluding hydrogens is 214 g/mol. The van der Waals surface area contributed by atoms with E-state index >= 15 is 0 Å². The topological polar surface area (TPSA) is 29.5 Å². The maximum atomic E-state index is 11.5. The van der Waals surface area contributed by atoms with Gasteiger partial charge >= 0.3 is 5.97 Å². The molecule has 1 aliphatic carbocycles. The molecule has 3 atom stereocenters. The number of likely N-dealkylation sites (tertiary alicyclic amines) is 1. The van der Waals surface area contributed by atoms with Crippen molar-refractivity contribution in [2.24, 2.45) is 5.92 Å². The number of piperidine rings is 1. The Hall–Kier alpha value is -0.570. The fourth-order valence-electron chi connectivity index (χ4n) is 3.62. The van der Waals surface area contributed by atoms with Crippen molar-refractivity contribution < 1.29 is 9.53 Å². The van der Waals surface area contributed by atoms with Crippen molar-refractivity contribution in [2.45, 2.75) is 64.5 Å². The summed E-state index contributed by atoms with van der Waals surface area (Å²) in [7, 11) is 0. The van der Waals surface area contributed by atoms with Crippen LogP contribution in [-0.4, -0.2) is 36.1 Å². The molecule has 2 aliphatic rings. The number of hydrogen-bond acceptors (Lipinski definition) is 3. The predicted octanol–water partition coefficient (Wildman–Crippen LogP) is 2.59. The summed E-state index contributed by atoms with van der Waals surface area (Å²) in [5, 5.41) is 0. The van der Waals surface area contributed by atoms with E-state index in [0.717, 1.165) is 12.0 Å². The summed E-state index contributed by atoms with van der Waals surface area (Å²) in [5.41, 5.74) is 0. The minimum Gasteiger partial charge on any atom is -0.466 e. The Bertz CT molecular complexity index is 267. The third kappa shape index (κ3) is 3.01. The first kappa shape index (κ1) is 12.9. The molecule has 0 radical (unpaired) electrons. The van der Waals surface area contributed by atoms with E-state index in [2.05, 4.69) is 11.8 Å². The van der Waals surface area contributed by atoms with Gasteiger partial charge in [0, 0.05) is 12.1 Å². The number of ether oxygens (including phenoxy) is 1. The number of nitrogens with zero attached hydrogens (tertiary/aromatic N) is 1. The van der Waals surface area contributed by atoms with E-state index in [1.54, 1.807) is 0 Å². The average molecular weight is 239 g/mol. The molecule has 1 saturated heterocycles. The maximum absolute atomic E-state index is 11.5. The van der Waals surface area contributed by atoms with Gasteiger partial charge in [-0.15, -0.1) is 0 Å². The number of carbonyl (C=O) groups excluding carboxylic acids is 1. The first-order valence-corrected chi connectivity index (χ1v) is 7.13. The Morgan fingerprint density at radius 1 is 1.35 bits per heavy atom. The first-order valence-electron chi connectivity index (χ1n) is 7.13. The summed E-state index contributed by atoms with van der Waals surface area (Å²) in [6.07, 6.45) is 7.35. The lowest BCUT2D eigenvalue weighted by Crippen LogP contribution is -2.48. The van der Waals surface area contributed by atoms with Crippen LogP contribution in [0.15, 0.2) is 0 Å². The Morgan fingerprint density at radius 3 is 2.88 bits per heavy atom. The summed E-state index contributed by atoms with van der Waals surface area (Å²) < 4.78 is 5.05. The van der Waals surface area contributed by atoms with Gasteiger partial charge in [-0.05, 0) is 52.0 Å². The van der Waals surface area contributed by atoms with E-state index in [-0.39, 0.29) is 5.97 Å². The maximum Gasteiger partial charge on any atom is 0.307 e. The van der Waals surface area contributed by atoms with Crippen molar-refractivity contribution in [3.05, 3.63) is 0 Å². The zero-order valence-electron chi connectivity index (χ0n) is 11.2. The number of esters is 1. The third-order valence-electron chi connectivity index (χ3n) is 4.37. The van der Waals surface area contributed by atoms with Crippen LogP contribution in [-0.2, 0) is 9.53 Å². The highest BCUT2D eigenvalue weighted by molar-refractivity contribution is 5.70. The molecule has 3 heteroatoms. The van der Waals surface area contributed by atoms with Crippen molar-refractivity contribution in [1.29, 1.82) is 0 Å². The molecule has 2 fully saturated rings. The molecular formula is C14H25NO2. The molecule has 3 nitrogen and oxygen atoms in total. The van der Waals surface area contributed by atoms with Crippen LogP contribution in [0.2, 0.25) is 0 Å². The Labute approximate surface area is 105 Å². The lowest BCUT2D eigenvalue weighted by atomic mass is 9.90. The monoisotopic (exact) mass is 239 g/mol. The number of fused-ring (bicyclic) bond motifs is 1. The van der Waals surface area contributed by atoms with Crippen molar-refractivity contribution in [3.8, 4) is 0 Å². The van der Waals surface area contributed by atoms with Gasteiger partial charge in [-0.3, -0.25) is 9.69 Å². The van der Waals surface area contributed by atoms with Crippen LogP contribution in [0.5, 0.6) is 0 Å². The second-order valence-corrected chi connectivity index (χ2v) is 5.50. The molecule has 1 heterocycles. The third-order valence-corrected chi connectivity index (χ3v) is 4.37. The van der Waals surface area contributed by atoms with Gasteiger partial charge in [-0.2, -0.15) is 0 Å². The minimum atomic E-state index is -0.0416. The zero-order chi connectivity index (χ0) is 12.3. The lowest BCUT2D eigenvalue weighted by Gasteiger charge is -2.41. The summed E-state index contributed by atoms with van der Waals surface area (Å²) in [5.74, 6) is 0.855. The molecule has 98 valence electrons. The van der Waals surface area contributed by atoms with Crippen LogP contribution in [0.1, 0.15) is 52.4 Å². The first-order chi connectivity index (χ1) is 8.22. The highest BCUT2D eigenvalue weighted by atomic mass is 16.5. The molecule has 0 aromatic rings. The highest BCUT2D eigenvalue weighted by Crippen LogP contribution is 2.37. The summed E-state index contributed by atoms with van der Waals surface area (Å²) in [6, 6.07) is 1.09. The number of hydrogen-bond donors (Lipinski definition) is 0. The van der Waals surface area contributed by atoms with Gasteiger partial charge in [0.25, 0.3) is 0 Å². The molecule has 0 bridgehead atoms. The molecule has 1 aliphatic heterocycles. The highest BCUT2D eigenvalue weighted by Gasteiger charge is 2.37. The van der Waals surface area contributed by atoms with Crippen LogP contribution in [0.3, 0.4) is 0 Å². The van der Waals surface area contributed by atoms with Gasteiger partial charge in [0.15, 0.2) is 0 Å². The Balaban J connectivity index is 1.89. The van der Waals surface area contributed by atoms with E-state index in [9.17, 15) is 4.79 Å². The van der Waals surface area contributed by atoms with E-state index in [0.29, 0.717) is 19.1 Å². The van der Waals surface area contributed by atoms with E-state index in [4.69, 9.17) is 4.74 Å². The van der Waals surface area contributed by atoms with Crippen LogP contribution < -0.4 is 0 Å². The SMILES string of the molecule is CCOC(=O)CC(C)N1CCCC2CCCC21. The standard InChI is InChI=1S/C14H25NO2/c1-3-17-14(16)10-11(2)15-9-5-7-12-6-4-8-13(12)15/h11-13H,3-10H2,1-2H3. The van der Waals surface area contributed by atoms with Crippen molar-refractivity contribution >= 4 is 5.97 Å². The van der Waals surface area contributed by atoms with E-state index in [1.165, 1.54) is 38.6 Å². The smallest absolute Gasteiger partial charge is 0.307 e. The molecule has 0 aromatic heterocycles. The Morgan fingerprint density at radius 2 is 2.12 bits per heavy atom. The second kappa shape index (κ2) is 5.85. The van der Waals surface area contributed by atoms with Crippen molar-refractivity contribution in [2.75, 3.05) is 13.2 Å². The van der Waals surface area contributed by atoms with Crippen LogP contribution in [0.4, 0.5) is 0 Å². The van der Waals surface area contributed by atoms with Crippen LogP contribution >= 0.6 is 0 Å². The lowest BCUT2D eigenvalue weighted by molar-refractivity contribution is -0.144. The van der Waals surface area contributed by atoms with Crippen LogP contribution in [0, 0.1) is 5.92 Å². The van der Waals surface area contributed by atoms with Crippen molar-refractivity contribution in [3.63, 3.8) is 0 Å². The summed E-state index contributed by atoms with van der Waals surface area (Å²) in [6.45, 7) is 5.72. The molecule has 1 saturated carbocycles. The fourth-order valence-corrected chi connectivity index (χ4v) is 3.62. The quantitative estimate of drug-likeness (QED) is 0.706. The largest absolute Gasteiger partial charge is 0.466 e. The van der Waals surface area contributed by atoms with E-state index in [1.807, 2.05) is 6.92 Å². The molecule has 2 rings (SSSR count). The average Bonchev–Trinajstić information content (AvgIpc) is 2.76. The van der Waals surface area contributed by atoms with Gasteiger partial charge in [-0.1, -0.05) is 6.42 Å². The fraction of sp³-hybridized carbons (Fsp3) is 0.929. The molecule has 3 unspecified atom stereocenters. The zero-order valence-corrected chi connectivity index (χ0v) is 11.2. The van der Waals surface area contributed by atoms with Gasteiger partial charge in [0.05, 0.1) is 13.0 Å². The molecule has 0 amide bonds. The second-order valence-electron chi connectivity index (χ2n) is 5.50. The molecule has 0 N–H and O–H groups in total. The van der Waals surface area contributed by atoms with Gasteiger partial charge in [-0.25, -0.2) is 0 Å². The van der Waals surface area contributed by atoms with Gasteiger partial charge < -0.3 is 4.74 Å². The molecule has 17 heavy (non-hydrogen) atoms. The molecule has 0 aromatic carbocycles. The van der Waals surface area contributed by atoms with Crippen LogP contribution in [0.25, 0.3) is 0 Å². The normalized spacial score (nSPS) is 30.9. The Kier molecular flexibility index (Phi) is 4.43. The van der Waals surface area contributed by atoms with Gasteiger partial charge in [0.1, 0.15) is 0 Å². The molecule has 0 spiro atoms. The van der Waals surface area contributed by atoms with Gasteiger partial charge in [0.2, 0.25) is 0 Å². The summed E-state index contributed by atoms with van der Waals surface area (Å²) >= 11 is 0. The van der Waals surface area contributed by atoms with E-state index < -0.39 is 0 Å². The number of rotatable bonds is 4.